The maximum atomic E-state index is 5.95. The number of benzene rings is 2. The normalized spacial score (nSPS) is 11.0. The molecule has 25 heavy (non-hydrogen) atoms. The number of nitrogens with one attached hydrogen (secondary N) is 1. The van der Waals surface area contributed by atoms with E-state index in [1.165, 1.54) is 0 Å². The highest BCUT2D eigenvalue weighted by molar-refractivity contribution is 14.0. The summed E-state index contributed by atoms with van der Waals surface area (Å²) in [5.41, 5.74) is 7.80. The minimum Gasteiger partial charge on any atom is -0.495 e. The molecule has 136 valence electrons. The third-order valence-electron chi connectivity index (χ3n) is 3.31. The average molecular weight is 455 g/mol. The summed E-state index contributed by atoms with van der Waals surface area (Å²) < 4.78 is 10.9. The lowest BCUT2D eigenvalue weighted by Crippen LogP contribution is -2.22. The zero-order valence-electron chi connectivity index (χ0n) is 14.9. The lowest BCUT2D eigenvalue weighted by molar-refractivity contribution is 0.271. The highest BCUT2D eigenvalue weighted by Gasteiger charge is 2.02. The van der Waals surface area contributed by atoms with Crippen molar-refractivity contribution in [3.8, 4) is 11.5 Å². The smallest absolute Gasteiger partial charge is 0.193 e. The minimum atomic E-state index is 0. The molecule has 0 spiro atoms. The summed E-state index contributed by atoms with van der Waals surface area (Å²) >= 11 is 0. The van der Waals surface area contributed by atoms with Crippen molar-refractivity contribution >= 4 is 35.6 Å². The van der Waals surface area contributed by atoms with Crippen molar-refractivity contribution in [1.82, 2.24) is 0 Å². The molecule has 0 unspecified atom stereocenters. The Kier molecular flexibility index (Phi) is 9.12. The van der Waals surface area contributed by atoms with Crippen LogP contribution in [0.2, 0.25) is 0 Å². The van der Waals surface area contributed by atoms with E-state index in [9.17, 15) is 0 Å². The van der Waals surface area contributed by atoms with Crippen molar-refractivity contribution in [3.63, 3.8) is 0 Å². The van der Waals surface area contributed by atoms with Crippen molar-refractivity contribution in [2.24, 2.45) is 16.6 Å². The first-order chi connectivity index (χ1) is 11.6. The fourth-order valence-corrected chi connectivity index (χ4v) is 2.06. The summed E-state index contributed by atoms with van der Waals surface area (Å²) in [7, 11) is 1.62. The SMILES string of the molecule is COc1ccccc1NC(N)=NCc1ccc(OCC(C)C)cc1.I. The Bertz CT molecular complexity index is 673. The van der Waals surface area contributed by atoms with Gasteiger partial charge in [-0.15, -0.1) is 24.0 Å². The summed E-state index contributed by atoms with van der Waals surface area (Å²) in [6, 6.07) is 15.5. The van der Waals surface area contributed by atoms with Crippen molar-refractivity contribution in [3.05, 3.63) is 54.1 Å². The number of methoxy groups -OCH3 is 1. The molecule has 0 saturated heterocycles. The van der Waals surface area contributed by atoms with Crippen LogP contribution in [0.4, 0.5) is 5.69 Å². The quantitative estimate of drug-likeness (QED) is 0.372. The van der Waals surface area contributed by atoms with Crippen LogP contribution in [0.15, 0.2) is 53.5 Å². The second kappa shape index (κ2) is 10.8. The zero-order valence-corrected chi connectivity index (χ0v) is 17.2. The van der Waals surface area contributed by atoms with Gasteiger partial charge in [0, 0.05) is 0 Å². The summed E-state index contributed by atoms with van der Waals surface area (Å²) in [5, 5.41) is 3.05. The van der Waals surface area contributed by atoms with E-state index in [-0.39, 0.29) is 24.0 Å². The predicted molar refractivity (Wildman–Crippen MR) is 114 cm³/mol. The zero-order chi connectivity index (χ0) is 17.4. The van der Waals surface area contributed by atoms with E-state index in [2.05, 4.69) is 24.2 Å². The predicted octanol–water partition coefficient (Wildman–Crippen LogP) is 4.27. The van der Waals surface area contributed by atoms with Gasteiger partial charge in [-0.3, -0.25) is 0 Å². The van der Waals surface area contributed by atoms with Gasteiger partial charge in [0.05, 0.1) is 25.9 Å². The lowest BCUT2D eigenvalue weighted by Gasteiger charge is -2.10. The van der Waals surface area contributed by atoms with Gasteiger partial charge in [-0.2, -0.15) is 0 Å². The van der Waals surface area contributed by atoms with Gasteiger partial charge in [0.25, 0.3) is 0 Å². The number of rotatable bonds is 7. The number of anilines is 1. The second-order valence-electron chi connectivity index (χ2n) is 5.88. The van der Waals surface area contributed by atoms with E-state index in [0.717, 1.165) is 22.7 Å². The number of nitrogens with zero attached hydrogens (tertiary/aromatic N) is 1. The molecule has 0 aliphatic heterocycles. The highest BCUT2D eigenvalue weighted by atomic mass is 127. The molecule has 0 bridgehead atoms. The Morgan fingerprint density at radius 2 is 1.80 bits per heavy atom. The number of ether oxygens (including phenoxy) is 2. The van der Waals surface area contributed by atoms with Crippen molar-refractivity contribution in [1.29, 1.82) is 0 Å². The van der Waals surface area contributed by atoms with Crippen molar-refractivity contribution in [2.45, 2.75) is 20.4 Å². The standard InChI is InChI=1S/C19H25N3O2.HI/c1-14(2)13-24-16-10-8-15(9-11-16)12-21-19(20)22-17-6-4-5-7-18(17)23-3;/h4-11,14H,12-13H2,1-3H3,(H3,20,21,22);1H. The van der Waals surface area contributed by atoms with Crippen LogP contribution in [-0.2, 0) is 6.54 Å². The minimum absolute atomic E-state index is 0. The van der Waals surface area contributed by atoms with Crippen LogP contribution >= 0.6 is 24.0 Å². The fraction of sp³-hybridized carbons (Fsp3) is 0.316. The summed E-state index contributed by atoms with van der Waals surface area (Å²) in [6.45, 7) is 5.47. The maximum absolute atomic E-state index is 5.95. The molecule has 2 aromatic rings. The Balaban J connectivity index is 0.00000312. The average Bonchev–Trinajstić information content (AvgIpc) is 2.59. The van der Waals surface area contributed by atoms with Crippen molar-refractivity contribution in [2.75, 3.05) is 19.0 Å². The van der Waals surface area contributed by atoms with Gasteiger partial charge in [-0.1, -0.05) is 38.1 Å². The largest absolute Gasteiger partial charge is 0.495 e. The van der Waals surface area contributed by atoms with E-state index >= 15 is 0 Å². The molecule has 0 aliphatic rings. The van der Waals surface area contributed by atoms with Gasteiger partial charge in [0.2, 0.25) is 0 Å². The third kappa shape index (κ3) is 7.21. The molecule has 0 radical (unpaired) electrons. The van der Waals surface area contributed by atoms with E-state index in [4.69, 9.17) is 15.2 Å². The van der Waals surface area contributed by atoms with Gasteiger partial charge >= 0.3 is 0 Å². The number of aliphatic imine (C=N–C) groups is 1. The van der Waals surface area contributed by atoms with Crippen LogP contribution in [0.25, 0.3) is 0 Å². The molecule has 3 N–H and O–H groups in total. The Hall–Kier alpha value is -1.96. The number of para-hydroxylation sites is 2. The molecule has 2 rings (SSSR count). The number of halogens is 1. The molecule has 2 aromatic carbocycles. The van der Waals surface area contributed by atoms with Crippen molar-refractivity contribution < 1.29 is 9.47 Å². The Morgan fingerprint density at radius 1 is 1.12 bits per heavy atom. The molecule has 0 aliphatic carbocycles. The first-order valence-electron chi connectivity index (χ1n) is 8.00. The van der Waals surface area contributed by atoms with E-state index in [1.807, 2.05) is 48.5 Å². The summed E-state index contributed by atoms with van der Waals surface area (Å²) in [6.07, 6.45) is 0. The molecule has 5 nitrogen and oxygen atoms in total. The van der Waals surface area contributed by atoms with Gasteiger partial charge in [0.15, 0.2) is 5.96 Å². The summed E-state index contributed by atoms with van der Waals surface area (Å²) in [5.74, 6) is 2.45. The van der Waals surface area contributed by atoms with Crippen LogP contribution in [0, 0.1) is 5.92 Å². The number of guanidine groups is 1. The first kappa shape index (κ1) is 21.1. The van der Waals surface area contributed by atoms with Crippen LogP contribution in [0.5, 0.6) is 11.5 Å². The fourth-order valence-electron chi connectivity index (χ4n) is 2.06. The number of nitrogens with two attached hydrogens (primary N) is 1. The third-order valence-corrected chi connectivity index (χ3v) is 3.31. The van der Waals surface area contributed by atoms with E-state index in [1.54, 1.807) is 7.11 Å². The molecule has 0 amide bonds. The first-order valence-corrected chi connectivity index (χ1v) is 8.00. The summed E-state index contributed by atoms with van der Waals surface area (Å²) in [4.78, 5) is 4.36. The Labute approximate surface area is 166 Å². The number of hydrogen-bond donors (Lipinski definition) is 2. The molecule has 0 heterocycles. The van der Waals surface area contributed by atoms with Gasteiger partial charge < -0.3 is 20.5 Å². The molecule has 0 atom stereocenters. The molecular formula is C19H26IN3O2. The monoisotopic (exact) mass is 455 g/mol. The van der Waals surface area contributed by atoms with Gasteiger partial charge in [-0.25, -0.2) is 4.99 Å². The van der Waals surface area contributed by atoms with Gasteiger partial charge in [0.1, 0.15) is 11.5 Å². The topological polar surface area (TPSA) is 68.9 Å². The molecule has 0 saturated carbocycles. The van der Waals surface area contributed by atoms with E-state index in [0.29, 0.717) is 25.0 Å². The molecule has 6 heteroatoms. The number of hydrogen-bond acceptors (Lipinski definition) is 3. The van der Waals surface area contributed by atoms with Crippen LogP contribution in [0.3, 0.4) is 0 Å². The lowest BCUT2D eigenvalue weighted by atomic mass is 10.2. The Morgan fingerprint density at radius 3 is 2.44 bits per heavy atom. The van der Waals surface area contributed by atoms with Crippen LogP contribution in [-0.4, -0.2) is 19.7 Å². The molecular weight excluding hydrogens is 429 g/mol. The van der Waals surface area contributed by atoms with E-state index < -0.39 is 0 Å². The molecule has 0 aromatic heterocycles. The van der Waals surface area contributed by atoms with Gasteiger partial charge in [-0.05, 0) is 35.7 Å². The second-order valence-corrected chi connectivity index (χ2v) is 5.88. The van der Waals surface area contributed by atoms with Crippen LogP contribution < -0.4 is 20.5 Å². The highest BCUT2D eigenvalue weighted by Crippen LogP contribution is 2.22. The maximum Gasteiger partial charge on any atom is 0.193 e. The molecule has 0 fully saturated rings. The van der Waals surface area contributed by atoms with Crippen LogP contribution in [0.1, 0.15) is 19.4 Å².